The molecular formula is C12H15FN2O4S. The number of halogens is 1. The molecule has 20 heavy (non-hydrogen) atoms. The molecule has 0 unspecified atom stereocenters. The average molecular weight is 302 g/mol. The van der Waals surface area contributed by atoms with Crippen molar-refractivity contribution in [1.29, 1.82) is 0 Å². The summed E-state index contributed by atoms with van der Waals surface area (Å²) >= 11 is 0. The minimum Gasteiger partial charge on any atom is -0.378 e. The lowest BCUT2D eigenvalue weighted by Crippen LogP contribution is -2.41. The summed E-state index contributed by atoms with van der Waals surface area (Å²) in [6.07, 6.45) is 0.972. The molecule has 2 rings (SSSR count). The second kappa shape index (κ2) is 5.76. The Hall–Kier alpha value is -1.67. The van der Waals surface area contributed by atoms with Crippen LogP contribution in [0.15, 0.2) is 18.2 Å². The number of hydrogen-bond acceptors (Lipinski definition) is 4. The summed E-state index contributed by atoms with van der Waals surface area (Å²) in [5.41, 5.74) is 0.0720. The molecule has 1 heterocycles. The van der Waals surface area contributed by atoms with Gasteiger partial charge in [0.2, 0.25) is 10.0 Å². The first-order chi connectivity index (χ1) is 9.37. The molecule has 1 saturated heterocycles. The SMILES string of the molecule is CS(=O)(=O)Nc1ccc(F)cc1C(=O)N1CCOCC1. The number of nitrogens with zero attached hydrogens (tertiary/aromatic N) is 1. The third-order valence-electron chi connectivity index (χ3n) is 2.81. The van der Waals surface area contributed by atoms with Gasteiger partial charge in [0.1, 0.15) is 5.82 Å². The van der Waals surface area contributed by atoms with E-state index in [4.69, 9.17) is 4.74 Å². The van der Waals surface area contributed by atoms with Gasteiger partial charge in [0.25, 0.3) is 5.91 Å². The first-order valence-corrected chi connectivity index (χ1v) is 7.90. The Labute approximate surface area is 116 Å². The average Bonchev–Trinajstić information content (AvgIpc) is 2.39. The van der Waals surface area contributed by atoms with Crippen molar-refractivity contribution in [3.8, 4) is 0 Å². The molecule has 1 aliphatic rings. The fraction of sp³-hybridized carbons (Fsp3) is 0.417. The number of rotatable bonds is 3. The highest BCUT2D eigenvalue weighted by Gasteiger charge is 2.22. The van der Waals surface area contributed by atoms with Crippen molar-refractivity contribution >= 4 is 21.6 Å². The van der Waals surface area contributed by atoms with Gasteiger partial charge in [0, 0.05) is 13.1 Å². The van der Waals surface area contributed by atoms with Gasteiger partial charge in [-0.2, -0.15) is 0 Å². The third-order valence-corrected chi connectivity index (χ3v) is 3.40. The highest BCUT2D eigenvalue weighted by atomic mass is 32.2. The van der Waals surface area contributed by atoms with Crippen LogP contribution in [0.25, 0.3) is 0 Å². The van der Waals surface area contributed by atoms with Gasteiger partial charge in [-0.25, -0.2) is 12.8 Å². The summed E-state index contributed by atoms with van der Waals surface area (Å²) in [5.74, 6) is -1.01. The first-order valence-electron chi connectivity index (χ1n) is 6.01. The van der Waals surface area contributed by atoms with Crippen LogP contribution in [0.3, 0.4) is 0 Å². The van der Waals surface area contributed by atoms with Crippen LogP contribution in [0.5, 0.6) is 0 Å². The molecule has 0 aromatic heterocycles. The predicted molar refractivity (Wildman–Crippen MR) is 71.6 cm³/mol. The van der Waals surface area contributed by atoms with E-state index in [2.05, 4.69) is 4.72 Å². The molecule has 0 bridgehead atoms. The molecule has 1 aromatic rings. The summed E-state index contributed by atoms with van der Waals surface area (Å²) in [7, 11) is -3.54. The number of nitrogens with one attached hydrogen (secondary N) is 1. The summed E-state index contributed by atoms with van der Waals surface area (Å²) in [4.78, 5) is 13.8. The Morgan fingerprint density at radius 3 is 2.60 bits per heavy atom. The van der Waals surface area contributed by atoms with Gasteiger partial charge in [-0.1, -0.05) is 0 Å². The van der Waals surface area contributed by atoms with Crippen molar-refractivity contribution < 1.29 is 22.3 Å². The Bertz CT molecular complexity index is 612. The van der Waals surface area contributed by atoms with E-state index in [0.717, 1.165) is 18.4 Å². The molecule has 0 aliphatic carbocycles. The molecular weight excluding hydrogens is 287 g/mol. The second-order valence-corrected chi connectivity index (χ2v) is 6.22. The maximum atomic E-state index is 13.3. The lowest BCUT2D eigenvalue weighted by atomic mass is 10.1. The van der Waals surface area contributed by atoms with Crippen molar-refractivity contribution in [2.45, 2.75) is 0 Å². The number of sulfonamides is 1. The minimum absolute atomic E-state index is 0.00248. The smallest absolute Gasteiger partial charge is 0.256 e. The standard InChI is InChI=1S/C12H15FN2O4S/c1-20(17,18)14-11-3-2-9(13)8-10(11)12(16)15-4-6-19-7-5-15/h2-3,8,14H,4-7H2,1H3. The number of ether oxygens (including phenoxy) is 1. The number of benzene rings is 1. The fourth-order valence-electron chi connectivity index (χ4n) is 1.92. The van der Waals surface area contributed by atoms with E-state index in [0.29, 0.717) is 26.3 Å². The summed E-state index contributed by atoms with van der Waals surface area (Å²) in [6, 6.07) is 3.37. The van der Waals surface area contributed by atoms with Crippen molar-refractivity contribution in [3.05, 3.63) is 29.6 Å². The van der Waals surface area contributed by atoms with Crippen molar-refractivity contribution in [2.24, 2.45) is 0 Å². The first kappa shape index (κ1) is 14.7. The van der Waals surface area contributed by atoms with Gasteiger partial charge >= 0.3 is 0 Å². The largest absolute Gasteiger partial charge is 0.378 e. The topological polar surface area (TPSA) is 75.7 Å². The normalized spacial score (nSPS) is 16.0. The van der Waals surface area contributed by atoms with E-state index < -0.39 is 21.7 Å². The van der Waals surface area contributed by atoms with Crippen LogP contribution in [0.4, 0.5) is 10.1 Å². The van der Waals surface area contributed by atoms with Gasteiger partial charge in [0.05, 0.1) is 30.7 Å². The van der Waals surface area contributed by atoms with Gasteiger partial charge in [-0.05, 0) is 18.2 Å². The number of carbonyl (C=O) groups is 1. The van der Waals surface area contributed by atoms with Gasteiger partial charge in [0.15, 0.2) is 0 Å². The minimum atomic E-state index is -3.54. The highest BCUT2D eigenvalue weighted by Crippen LogP contribution is 2.20. The zero-order chi connectivity index (χ0) is 14.8. The van der Waals surface area contributed by atoms with E-state index in [1.54, 1.807) is 0 Å². The van der Waals surface area contributed by atoms with Crippen LogP contribution in [-0.2, 0) is 14.8 Å². The fourth-order valence-corrected chi connectivity index (χ4v) is 2.50. The quantitative estimate of drug-likeness (QED) is 0.890. The lowest BCUT2D eigenvalue weighted by molar-refractivity contribution is 0.0303. The van der Waals surface area contributed by atoms with Crippen molar-refractivity contribution in [3.63, 3.8) is 0 Å². The molecule has 0 spiro atoms. The van der Waals surface area contributed by atoms with Gasteiger partial charge in [-0.3, -0.25) is 9.52 Å². The zero-order valence-electron chi connectivity index (χ0n) is 10.9. The predicted octanol–water partition coefficient (Wildman–Crippen LogP) is 0.670. The molecule has 1 aromatic carbocycles. The molecule has 110 valence electrons. The number of morpholine rings is 1. The van der Waals surface area contributed by atoms with Crippen LogP contribution in [-0.4, -0.2) is 51.8 Å². The maximum absolute atomic E-state index is 13.3. The molecule has 1 N–H and O–H groups in total. The number of hydrogen-bond donors (Lipinski definition) is 1. The molecule has 0 saturated carbocycles. The Kier molecular flexibility index (Phi) is 4.24. The van der Waals surface area contributed by atoms with Crippen molar-refractivity contribution in [1.82, 2.24) is 4.90 Å². The molecule has 0 radical (unpaired) electrons. The number of carbonyl (C=O) groups excluding carboxylic acids is 1. The maximum Gasteiger partial charge on any atom is 0.256 e. The number of amides is 1. The second-order valence-electron chi connectivity index (χ2n) is 4.47. The van der Waals surface area contributed by atoms with E-state index >= 15 is 0 Å². The molecule has 1 aliphatic heterocycles. The summed E-state index contributed by atoms with van der Waals surface area (Å²) in [5, 5.41) is 0. The highest BCUT2D eigenvalue weighted by molar-refractivity contribution is 7.92. The van der Waals surface area contributed by atoms with E-state index in [-0.39, 0.29) is 11.3 Å². The van der Waals surface area contributed by atoms with E-state index in [1.165, 1.54) is 11.0 Å². The monoisotopic (exact) mass is 302 g/mol. The molecule has 1 amide bonds. The summed E-state index contributed by atoms with van der Waals surface area (Å²) < 4.78 is 43.3. The van der Waals surface area contributed by atoms with Gasteiger partial charge < -0.3 is 9.64 Å². The molecule has 8 heteroatoms. The number of anilines is 1. The van der Waals surface area contributed by atoms with E-state index in [1.807, 2.05) is 0 Å². The van der Waals surface area contributed by atoms with Crippen LogP contribution in [0.1, 0.15) is 10.4 Å². The van der Waals surface area contributed by atoms with Crippen LogP contribution >= 0.6 is 0 Å². The van der Waals surface area contributed by atoms with E-state index in [9.17, 15) is 17.6 Å². The Morgan fingerprint density at radius 1 is 1.35 bits per heavy atom. The zero-order valence-corrected chi connectivity index (χ0v) is 11.7. The van der Waals surface area contributed by atoms with Crippen LogP contribution < -0.4 is 4.72 Å². The third kappa shape index (κ3) is 3.67. The lowest BCUT2D eigenvalue weighted by Gasteiger charge is -2.27. The van der Waals surface area contributed by atoms with Crippen molar-refractivity contribution in [2.75, 3.05) is 37.3 Å². The molecule has 6 nitrogen and oxygen atoms in total. The van der Waals surface area contributed by atoms with Crippen LogP contribution in [0.2, 0.25) is 0 Å². The molecule has 0 atom stereocenters. The van der Waals surface area contributed by atoms with Gasteiger partial charge in [-0.15, -0.1) is 0 Å². The summed E-state index contributed by atoms with van der Waals surface area (Å²) in [6.45, 7) is 1.62. The molecule has 1 fully saturated rings. The Morgan fingerprint density at radius 2 is 2.00 bits per heavy atom. The van der Waals surface area contributed by atoms with Crippen LogP contribution in [0, 0.1) is 5.82 Å². The Balaban J connectivity index is 2.33.